The number of nitrogens with zero attached hydrogens (tertiary/aromatic N) is 2. The van der Waals surface area contributed by atoms with Gasteiger partial charge in [0.15, 0.2) is 12.4 Å². The van der Waals surface area contributed by atoms with E-state index in [9.17, 15) is 9.59 Å². The van der Waals surface area contributed by atoms with Crippen LogP contribution in [-0.2, 0) is 11.3 Å². The van der Waals surface area contributed by atoms with Crippen LogP contribution >= 0.6 is 0 Å². The molecule has 3 amide bonds. The standard InChI is InChI=1S/C15H14N4O3/c20-14(11-19-8-4-5-12(10-19)9-16-22)18-15(21)17-13-6-2-1-3-7-13/h1-10H,11H2,(H2-,17,18,20,21,22)/p+1/b16-9-. The van der Waals surface area contributed by atoms with Gasteiger partial charge in [-0.2, -0.15) is 4.57 Å². The minimum atomic E-state index is -0.593. The first-order chi connectivity index (χ1) is 10.7. The summed E-state index contributed by atoms with van der Waals surface area (Å²) in [4.78, 5) is 23.5. The van der Waals surface area contributed by atoms with Crippen LogP contribution in [0.2, 0.25) is 0 Å². The van der Waals surface area contributed by atoms with Crippen LogP contribution in [0.3, 0.4) is 0 Å². The number of benzene rings is 1. The molecular formula is C15H15N4O3+. The largest absolute Gasteiger partial charge is 0.411 e. The molecule has 0 aliphatic rings. The Bertz CT molecular complexity index is 686. The lowest BCUT2D eigenvalue weighted by atomic mass is 10.3. The molecule has 2 aromatic rings. The molecule has 112 valence electrons. The number of carbonyl (C=O) groups excluding carboxylic acids is 2. The molecule has 7 nitrogen and oxygen atoms in total. The number of carbonyl (C=O) groups is 2. The van der Waals surface area contributed by atoms with Gasteiger partial charge in [0, 0.05) is 11.8 Å². The van der Waals surface area contributed by atoms with Gasteiger partial charge in [0.1, 0.15) is 0 Å². The van der Waals surface area contributed by atoms with Crippen molar-refractivity contribution in [1.29, 1.82) is 0 Å². The Kier molecular flexibility index (Phi) is 5.20. The smallest absolute Gasteiger partial charge is 0.326 e. The first-order valence-corrected chi connectivity index (χ1v) is 6.50. The van der Waals surface area contributed by atoms with E-state index in [1.165, 1.54) is 6.21 Å². The Hall–Kier alpha value is -3.22. The molecule has 0 saturated heterocycles. The molecule has 0 fully saturated rings. The first-order valence-electron chi connectivity index (χ1n) is 6.50. The fourth-order valence-corrected chi connectivity index (χ4v) is 1.80. The Morgan fingerprint density at radius 2 is 1.95 bits per heavy atom. The number of rotatable bonds is 4. The van der Waals surface area contributed by atoms with Gasteiger partial charge in [-0.25, -0.2) is 4.79 Å². The molecule has 0 unspecified atom stereocenters. The van der Waals surface area contributed by atoms with Crippen molar-refractivity contribution in [2.45, 2.75) is 6.54 Å². The second kappa shape index (κ2) is 7.53. The summed E-state index contributed by atoms with van der Waals surface area (Å²) >= 11 is 0. The summed E-state index contributed by atoms with van der Waals surface area (Å²) in [6.07, 6.45) is 4.54. The summed E-state index contributed by atoms with van der Waals surface area (Å²) in [5.41, 5.74) is 1.23. The van der Waals surface area contributed by atoms with E-state index < -0.39 is 11.9 Å². The summed E-state index contributed by atoms with van der Waals surface area (Å²) in [6.45, 7) is -0.0324. The highest BCUT2D eigenvalue weighted by molar-refractivity contribution is 6.00. The topological polar surface area (TPSA) is 94.7 Å². The number of urea groups is 1. The number of para-hydroxylation sites is 1. The molecule has 0 spiro atoms. The third-order valence-corrected chi connectivity index (χ3v) is 2.70. The van der Waals surface area contributed by atoms with Gasteiger partial charge in [0.05, 0.1) is 11.8 Å². The van der Waals surface area contributed by atoms with E-state index in [4.69, 9.17) is 5.21 Å². The summed E-state index contributed by atoms with van der Waals surface area (Å²) in [7, 11) is 0. The molecule has 0 aliphatic heterocycles. The minimum absolute atomic E-state index is 0.0324. The highest BCUT2D eigenvalue weighted by Gasteiger charge is 2.13. The number of amides is 3. The Balaban J connectivity index is 1.90. The van der Waals surface area contributed by atoms with Crippen molar-refractivity contribution >= 4 is 23.8 Å². The number of nitrogens with one attached hydrogen (secondary N) is 2. The SMILES string of the molecule is O=C(C[n+]1cccc(/C=N\O)c1)NC(=O)Nc1ccccc1. The molecule has 1 aromatic heterocycles. The molecule has 22 heavy (non-hydrogen) atoms. The summed E-state index contributed by atoms with van der Waals surface area (Å²) in [5.74, 6) is -0.462. The summed E-state index contributed by atoms with van der Waals surface area (Å²) in [5, 5.41) is 16.2. The van der Waals surface area contributed by atoms with E-state index in [1.54, 1.807) is 53.4 Å². The van der Waals surface area contributed by atoms with Crippen LogP contribution in [0.15, 0.2) is 60.0 Å². The van der Waals surface area contributed by atoms with Crippen molar-refractivity contribution in [3.63, 3.8) is 0 Å². The normalized spacial score (nSPS) is 10.4. The van der Waals surface area contributed by atoms with Gasteiger partial charge in [-0.15, -0.1) is 0 Å². The number of hydrogen-bond donors (Lipinski definition) is 3. The zero-order chi connectivity index (χ0) is 15.8. The van der Waals surface area contributed by atoms with Crippen molar-refractivity contribution < 1.29 is 19.4 Å². The van der Waals surface area contributed by atoms with Crippen molar-refractivity contribution in [3.05, 3.63) is 60.4 Å². The van der Waals surface area contributed by atoms with E-state index in [0.29, 0.717) is 11.3 Å². The monoisotopic (exact) mass is 299 g/mol. The third-order valence-electron chi connectivity index (χ3n) is 2.70. The maximum Gasteiger partial charge on any atom is 0.326 e. The van der Waals surface area contributed by atoms with E-state index in [1.807, 2.05) is 6.07 Å². The molecule has 0 saturated carbocycles. The van der Waals surface area contributed by atoms with Gasteiger partial charge in [-0.3, -0.25) is 10.1 Å². The van der Waals surface area contributed by atoms with E-state index in [-0.39, 0.29) is 6.54 Å². The number of hydrogen-bond acceptors (Lipinski definition) is 4. The maximum absolute atomic E-state index is 11.8. The number of pyridine rings is 1. The van der Waals surface area contributed by atoms with Gasteiger partial charge >= 0.3 is 6.03 Å². The van der Waals surface area contributed by atoms with Crippen molar-refractivity contribution in [1.82, 2.24) is 5.32 Å². The van der Waals surface area contributed by atoms with Crippen molar-refractivity contribution in [3.8, 4) is 0 Å². The number of aromatic nitrogens is 1. The average molecular weight is 299 g/mol. The molecule has 1 heterocycles. The van der Waals surface area contributed by atoms with Crippen LogP contribution in [0.25, 0.3) is 0 Å². The lowest BCUT2D eigenvalue weighted by Gasteiger charge is -2.05. The average Bonchev–Trinajstić information content (AvgIpc) is 2.48. The number of anilines is 1. The Labute approximate surface area is 126 Å². The van der Waals surface area contributed by atoms with Crippen LogP contribution in [0.1, 0.15) is 5.56 Å². The highest BCUT2D eigenvalue weighted by Crippen LogP contribution is 2.03. The second-order valence-electron chi connectivity index (χ2n) is 4.42. The molecule has 0 aliphatic carbocycles. The van der Waals surface area contributed by atoms with E-state index in [0.717, 1.165) is 0 Å². The highest BCUT2D eigenvalue weighted by atomic mass is 16.4. The Morgan fingerprint density at radius 1 is 1.18 bits per heavy atom. The molecule has 3 N–H and O–H groups in total. The molecule has 1 aromatic carbocycles. The predicted molar refractivity (Wildman–Crippen MR) is 79.6 cm³/mol. The Morgan fingerprint density at radius 3 is 2.68 bits per heavy atom. The van der Waals surface area contributed by atoms with Gasteiger partial charge in [0.25, 0.3) is 5.91 Å². The molecule has 0 atom stereocenters. The summed E-state index contributed by atoms with van der Waals surface area (Å²) < 4.78 is 1.57. The van der Waals surface area contributed by atoms with E-state index in [2.05, 4.69) is 15.8 Å². The quantitative estimate of drug-likeness (QED) is 0.342. The van der Waals surface area contributed by atoms with Crippen LogP contribution in [0.5, 0.6) is 0 Å². The van der Waals surface area contributed by atoms with Gasteiger partial charge in [-0.1, -0.05) is 23.4 Å². The van der Waals surface area contributed by atoms with Crippen molar-refractivity contribution in [2.24, 2.45) is 5.16 Å². The fourth-order valence-electron chi connectivity index (χ4n) is 1.80. The minimum Gasteiger partial charge on any atom is -0.411 e. The fraction of sp³-hybridized carbons (Fsp3) is 0.0667. The second-order valence-corrected chi connectivity index (χ2v) is 4.42. The van der Waals surface area contributed by atoms with Crippen molar-refractivity contribution in [2.75, 3.05) is 5.32 Å². The zero-order valence-electron chi connectivity index (χ0n) is 11.6. The van der Waals surface area contributed by atoms with E-state index >= 15 is 0 Å². The number of imide groups is 1. The molecule has 7 heteroatoms. The maximum atomic E-state index is 11.8. The zero-order valence-corrected chi connectivity index (χ0v) is 11.6. The molecule has 0 radical (unpaired) electrons. The lowest BCUT2D eigenvalue weighted by Crippen LogP contribution is -2.45. The molecule has 2 rings (SSSR count). The summed E-state index contributed by atoms with van der Waals surface area (Å²) in [6, 6.07) is 11.7. The van der Waals surface area contributed by atoms with Crippen LogP contribution < -0.4 is 15.2 Å². The number of oxime groups is 1. The van der Waals surface area contributed by atoms with Gasteiger partial charge < -0.3 is 10.5 Å². The third kappa shape index (κ3) is 4.71. The predicted octanol–water partition coefficient (Wildman–Crippen LogP) is 1.13. The van der Waals surface area contributed by atoms with Crippen LogP contribution in [0, 0.1) is 0 Å². The van der Waals surface area contributed by atoms with Gasteiger partial charge in [-0.05, 0) is 18.2 Å². The lowest BCUT2D eigenvalue weighted by molar-refractivity contribution is -0.684. The molecular weight excluding hydrogens is 284 g/mol. The first kappa shape index (κ1) is 15.2. The van der Waals surface area contributed by atoms with Crippen LogP contribution in [-0.4, -0.2) is 23.4 Å². The van der Waals surface area contributed by atoms with Crippen LogP contribution in [0.4, 0.5) is 10.5 Å². The molecule has 0 bridgehead atoms. The van der Waals surface area contributed by atoms with Gasteiger partial charge in [0.2, 0.25) is 6.54 Å².